The molecule has 182 valence electrons. The van der Waals surface area contributed by atoms with Crippen LogP contribution in [0.2, 0.25) is 0 Å². The lowest BCUT2D eigenvalue weighted by Crippen LogP contribution is -2.56. The second-order valence-electron chi connectivity index (χ2n) is 8.92. The van der Waals surface area contributed by atoms with Crippen LogP contribution in [0.5, 0.6) is 11.5 Å². The molecule has 1 saturated heterocycles. The molecule has 1 heterocycles. The van der Waals surface area contributed by atoms with E-state index in [2.05, 4.69) is 10.2 Å². The molecule has 8 heteroatoms. The normalized spacial score (nSPS) is 17.9. The van der Waals surface area contributed by atoms with Gasteiger partial charge in [-0.1, -0.05) is 18.9 Å². The Hall–Kier alpha value is -3.13. The number of nitrogens with one attached hydrogen (secondary N) is 1. The number of ether oxygens (including phenoxy) is 2. The molecule has 2 aliphatic rings. The maximum Gasteiger partial charge on any atom is 0.254 e. The van der Waals surface area contributed by atoms with Crippen LogP contribution in [0.15, 0.2) is 42.5 Å². The Labute approximate surface area is 199 Å². The molecule has 2 amide bonds. The third kappa shape index (κ3) is 5.50. The molecular formula is C26H32FN3O4. The van der Waals surface area contributed by atoms with E-state index >= 15 is 0 Å². The molecule has 4 rings (SSSR count). The van der Waals surface area contributed by atoms with E-state index in [1.807, 2.05) is 0 Å². The monoisotopic (exact) mass is 469 g/mol. The predicted octanol–water partition coefficient (Wildman–Crippen LogP) is 3.80. The number of piperazine rings is 1. The fourth-order valence-electron chi connectivity index (χ4n) is 5.05. The number of amides is 2. The van der Waals surface area contributed by atoms with Gasteiger partial charge in [0.05, 0.1) is 20.3 Å². The van der Waals surface area contributed by atoms with Crippen LogP contribution in [0.4, 0.5) is 10.1 Å². The highest BCUT2D eigenvalue weighted by molar-refractivity contribution is 5.96. The second kappa shape index (κ2) is 10.9. The number of carbonyl (C=O) groups is 2. The van der Waals surface area contributed by atoms with Crippen LogP contribution < -0.4 is 14.8 Å². The summed E-state index contributed by atoms with van der Waals surface area (Å²) in [6.07, 6.45) is 4.28. The van der Waals surface area contributed by atoms with E-state index < -0.39 is 5.82 Å². The molecule has 1 aliphatic heterocycles. The predicted molar refractivity (Wildman–Crippen MR) is 128 cm³/mol. The average molecular weight is 470 g/mol. The van der Waals surface area contributed by atoms with Gasteiger partial charge in [0, 0.05) is 55.6 Å². The van der Waals surface area contributed by atoms with Crippen molar-refractivity contribution in [1.29, 1.82) is 0 Å². The molecule has 0 radical (unpaired) electrons. The first-order chi connectivity index (χ1) is 16.5. The van der Waals surface area contributed by atoms with Crippen LogP contribution in [-0.2, 0) is 4.79 Å². The van der Waals surface area contributed by atoms with Crippen molar-refractivity contribution in [2.75, 3.05) is 45.7 Å². The van der Waals surface area contributed by atoms with E-state index in [0.29, 0.717) is 48.9 Å². The number of anilines is 1. The summed E-state index contributed by atoms with van der Waals surface area (Å²) in [5, 5.41) is 3.07. The zero-order chi connectivity index (χ0) is 24.1. The van der Waals surface area contributed by atoms with Crippen molar-refractivity contribution in [3.63, 3.8) is 0 Å². The lowest BCUT2D eigenvalue weighted by molar-refractivity contribution is -0.123. The van der Waals surface area contributed by atoms with Crippen molar-refractivity contribution in [2.24, 2.45) is 5.92 Å². The average Bonchev–Trinajstić information content (AvgIpc) is 3.38. The van der Waals surface area contributed by atoms with E-state index in [1.165, 1.54) is 12.1 Å². The van der Waals surface area contributed by atoms with Crippen molar-refractivity contribution in [3.05, 3.63) is 53.8 Å². The summed E-state index contributed by atoms with van der Waals surface area (Å²) < 4.78 is 24.2. The molecule has 2 aromatic carbocycles. The van der Waals surface area contributed by atoms with Crippen LogP contribution in [0.1, 0.15) is 36.0 Å². The van der Waals surface area contributed by atoms with Crippen LogP contribution in [0.25, 0.3) is 0 Å². The molecule has 1 atom stereocenters. The zero-order valence-corrected chi connectivity index (χ0v) is 19.8. The number of benzene rings is 2. The van der Waals surface area contributed by atoms with E-state index in [4.69, 9.17) is 9.47 Å². The highest BCUT2D eigenvalue weighted by Gasteiger charge is 2.37. The van der Waals surface area contributed by atoms with Gasteiger partial charge in [0.25, 0.3) is 5.91 Å². The summed E-state index contributed by atoms with van der Waals surface area (Å²) in [5.74, 6) is 0.847. The molecule has 2 fully saturated rings. The Bertz CT molecular complexity index is 995. The Morgan fingerprint density at radius 2 is 1.62 bits per heavy atom. The minimum Gasteiger partial charge on any atom is -0.497 e. The largest absolute Gasteiger partial charge is 0.497 e. The molecule has 0 spiro atoms. The van der Waals surface area contributed by atoms with Crippen molar-refractivity contribution in [1.82, 2.24) is 9.80 Å². The quantitative estimate of drug-likeness (QED) is 0.668. The summed E-state index contributed by atoms with van der Waals surface area (Å²) in [7, 11) is 3.15. The van der Waals surface area contributed by atoms with Gasteiger partial charge in [0.1, 0.15) is 17.3 Å². The standard InChI is InChI=1S/C26H32FN3O4/c1-33-22-15-21(16-23(17-22)34-2)28-25(31)24(18-6-3-4-7-18)29-10-12-30(13-11-29)26(32)19-8-5-9-20(27)14-19/h5,8-9,14-18,24H,3-4,6-7,10-13H2,1-2H3,(H,28,31)/t24-/m1/s1. The summed E-state index contributed by atoms with van der Waals surface area (Å²) in [5.41, 5.74) is 0.981. The molecule has 1 aliphatic carbocycles. The van der Waals surface area contributed by atoms with Crippen LogP contribution in [-0.4, -0.2) is 68.1 Å². The Morgan fingerprint density at radius 3 is 2.21 bits per heavy atom. The SMILES string of the molecule is COc1cc(NC(=O)[C@@H](C2CCCC2)N2CCN(C(=O)c3cccc(F)c3)CC2)cc(OC)c1. The van der Waals surface area contributed by atoms with Gasteiger partial charge in [-0.05, 0) is 37.0 Å². The van der Waals surface area contributed by atoms with Crippen LogP contribution in [0, 0.1) is 11.7 Å². The lowest BCUT2D eigenvalue weighted by atomic mass is 9.94. The van der Waals surface area contributed by atoms with Gasteiger partial charge in [-0.2, -0.15) is 0 Å². The summed E-state index contributed by atoms with van der Waals surface area (Å²) in [6.45, 7) is 2.19. The number of nitrogens with zero attached hydrogens (tertiary/aromatic N) is 2. The van der Waals surface area contributed by atoms with Gasteiger partial charge in [-0.3, -0.25) is 14.5 Å². The fraction of sp³-hybridized carbons (Fsp3) is 0.462. The number of rotatable bonds is 7. The molecule has 2 aromatic rings. The number of methoxy groups -OCH3 is 2. The summed E-state index contributed by atoms with van der Waals surface area (Å²) >= 11 is 0. The van der Waals surface area contributed by atoms with Gasteiger partial charge in [-0.15, -0.1) is 0 Å². The van der Waals surface area contributed by atoms with E-state index in [-0.39, 0.29) is 23.8 Å². The lowest BCUT2D eigenvalue weighted by Gasteiger charge is -2.40. The van der Waals surface area contributed by atoms with Crippen molar-refractivity contribution < 1.29 is 23.5 Å². The van der Waals surface area contributed by atoms with Crippen molar-refractivity contribution in [2.45, 2.75) is 31.7 Å². The van der Waals surface area contributed by atoms with Gasteiger partial charge < -0.3 is 19.7 Å². The number of carbonyl (C=O) groups excluding carboxylic acids is 2. The smallest absolute Gasteiger partial charge is 0.254 e. The number of hydrogen-bond donors (Lipinski definition) is 1. The Balaban J connectivity index is 1.46. The highest BCUT2D eigenvalue weighted by Crippen LogP contribution is 2.33. The first kappa shape index (κ1) is 24.0. The minimum absolute atomic E-state index is 0.0490. The Kier molecular flexibility index (Phi) is 7.67. The Morgan fingerprint density at radius 1 is 0.971 bits per heavy atom. The second-order valence-corrected chi connectivity index (χ2v) is 8.92. The van der Waals surface area contributed by atoms with E-state index in [0.717, 1.165) is 25.7 Å². The fourth-order valence-corrected chi connectivity index (χ4v) is 5.05. The molecule has 0 aromatic heterocycles. The zero-order valence-electron chi connectivity index (χ0n) is 19.8. The maximum atomic E-state index is 13.6. The van der Waals surface area contributed by atoms with Crippen LogP contribution in [0.3, 0.4) is 0 Å². The third-order valence-corrected chi connectivity index (χ3v) is 6.80. The van der Waals surface area contributed by atoms with Crippen molar-refractivity contribution in [3.8, 4) is 11.5 Å². The van der Waals surface area contributed by atoms with Crippen molar-refractivity contribution >= 4 is 17.5 Å². The van der Waals surface area contributed by atoms with Gasteiger partial charge in [-0.25, -0.2) is 4.39 Å². The maximum absolute atomic E-state index is 13.6. The molecule has 0 unspecified atom stereocenters. The first-order valence-electron chi connectivity index (χ1n) is 11.8. The summed E-state index contributed by atoms with van der Waals surface area (Å²) in [4.78, 5) is 30.3. The van der Waals surface area contributed by atoms with Gasteiger partial charge >= 0.3 is 0 Å². The van der Waals surface area contributed by atoms with E-state index in [9.17, 15) is 14.0 Å². The van der Waals surface area contributed by atoms with Gasteiger partial charge in [0.15, 0.2) is 0 Å². The molecule has 1 N–H and O–H groups in total. The minimum atomic E-state index is -0.420. The molecular weight excluding hydrogens is 437 g/mol. The molecule has 34 heavy (non-hydrogen) atoms. The third-order valence-electron chi connectivity index (χ3n) is 6.80. The topological polar surface area (TPSA) is 71.1 Å². The number of halogens is 1. The first-order valence-corrected chi connectivity index (χ1v) is 11.8. The highest BCUT2D eigenvalue weighted by atomic mass is 19.1. The molecule has 7 nitrogen and oxygen atoms in total. The van der Waals surface area contributed by atoms with E-state index in [1.54, 1.807) is 49.5 Å². The summed E-state index contributed by atoms with van der Waals surface area (Å²) in [6, 6.07) is 10.8. The molecule has 0 bridgehead atoms. The number of hydrogen-bond acceptors (Lipinski definition) is 5. The van der Waals surface area contributed by atoms with Crippen LogP contribution >= 0.6 is 0 Å². The molecule has 1 saturated carbocycles. The van der Waals surface area contributed by atoms with Gasteiger partial charge in [0.2, 0.25) is 5.91 Å².